The first-order valence-corrected chi connectivity index (χ1v) is 9.97. The summed E-state index contributed by atoms with van der Waals surface area (Å²) in [6, 6.07) is -0.493. The fraction of sp³-hybridized carbons (Fsp3) is 0.556. The second kappa shape index (κ2) is 8.93. The largest absolute Gasteiger partial charge is 0.355 e. The van der Waals surface area contributed by atoms with Crippen LogP contribution in [0.25, 0.3) is 0 Å². The zero-order chi connectivity index (χ0) is 18.4. The van der Waals surface area contributed by atoms with E-state index in [1.807, 2.05) is 0 Å². The van der Waals surface area contributed by atoms with Gasteiger partial charge in [-0.15, -0.1) is 11.3 Å². The first kappa shape index (κ1) is 18.6. The van der Waals surface area contributed by atoms with Crippen LogP contribution in [0.2, 0.25) is 0 Å². The number of nitrogens with one attached hydrogen (secondary N) is 3. The van der Waals surface area contributed by atoms with Crippen LogP contribution in [0.15, 0.2) is 17.0 Å². The van der Waals surface area contributed by atoms with Crippen molar-refractivity contribution < 1.29 is 14.4 Å². The van der Waals surface area contributed by atoms with Crippen molar-refractivity contribution in [1.82, 2.24) is 15.6 Å². The summed E-state index contributed by atoms with van der Waals surface area (Å²) in [7, 11) is 0. The number of nitrogens with zero attached hydrogens (tertiary/aromatic N) is 1. The molecule has 0 saturated carbocycles. The van der Waals surface area contributed by atoms with Crippen LogP contribution in [0.3, 0.4) is 0 Å². The monoisotopic (exact) mass is 376 g/mol. The third kappa shape index (κ3) is 5.39. The highest BCUT2D eigenvalue weighted by Gasteiger charge is 2.27. The average molecular weight is 376 g/mol. The van der Waals surface area contributed by atoms with E-state index >= 15 is 0 Å². The summed E-state index contributed by atoms with van der Waals surface area (Å²) in [6.07, 6.45) is 9.09. The fourth-order valence-electron chi connectivity index (χ4n) is 3.17. The quantitative estimate of drug-likeness (QED) is 0.633. The van der Waals surface area contributed by atoms with Gasteiger partial charge in [-0.1, -0.05) is 11.6 Å². The third-order valence-electron chi connectivity index (χ3n) is 4.59. The zero-order valence-electron chi connectivity index (χ0n) is 14.7. The molecule has 1 aliphatic carbocycles. The number of allylic oxidation sites excluding steroid dienone is 1. The van der Waals surface area contributed by atoms with E-state index in [0.717, 1.165) is 19.3 Å². The third-order valence-corrected chi connectivity index (χ3v) is 5.40. The summed E-state index contributed by atoms with van der Waals surface area (Å²) >= 11 is 1.28. The summed E-state index contributed by atoms with van der Waals surface area (Å²) in [6.45, 7) is 0.653. The molecule has 2 aliphatic rings. The Kier molecular flexibility index (Phi) is 6.38. The highest BCUT2D eigenvalue weighted by molar-refractivity contribution is 7.13. The molecule has 0 unspecified atom stereocenters. The molecule has 1 saturated heterocycles. The minimum atomic E-state index is -0.493. The van der Waals surface area contributed by atoms with Crippen LogP contribution in [0.1, 0.15) is 50.6 Å². The normalized spacial score (nSPS) is 19.6. The summed E-state index contributed by atoms with van der Waals surface area (Å²) in [5, 5.41) is 10.5. The number of carbonyl (C=O) groups is 3. The van der Waals surface area contributed by atoms with Gasteiger partial charge in [0.2, 0.25) is 17.7 Å². The van der Waals surface area contributed by atoms with Gasteiger partial charge in [0.1, 0.15) is 6.04 Å². The van der Waals surface area contributed by atoms with Gasteiger partial charge in [-0.25, -0.2) is 4.98 Å². The van der Waals surface area contributed by atoms with Gasteiger partial charge in [0.15, 0.2) is 5.13 Å². The van der Waals surface area contributed by atoms with Gasteiger partial charge in [-0.3, -0.25) is 14.4 Å². The number of carbonyl (C=O) groups excluding carboxylic acids is 3. The number of hydrogen-bond acceptors (Lipinski definition) is 5. The summed E-state index contributed by atoms with van der Waals surface area (Å²) in [5.74, 6) is -0.430. The van der Waals surface area contributed by atoms with Gasteiger partial charge < -0.3 is 16.0 Å². The molecular weight excluding hydrogens is 352 g/mol. The van der Waals surface area contributed by atoms with Crippen LogP contribution in [0.5, 0.6) is 0 Å². The first-order valence-electron chi connectivity index (χ1n) is 9.09. The van der Waals surface area contributed by atoms with E-state index in [4.69, 9.17) is 0 Å². The van der Waals surface area contributed by atoms with E-state index in [-0.39, 0.29) is 24.1 Å². The lowest BCUT2D eigenvalue weighted by Gasteiger charge is -2.12. The molecular formula is C18H24N4O3S. The van der Waals surface area contributed by atoms with E-state index in [2.05, 4.69) is 27.0 Å². The Bertz CT molecular complexity index is 713. The number of aromatic nitrogens is 1. The van der Waals surface area contributed by atoms with E-state index in [1.165, 1.54) is 29.8 Å². The van der Waals surface area contributed by atoms with Crippen LogP contribution < -0.4 is 16.0 Å². The highest BCUT2D eigenvalue weighted by Crippen LogP contribution is 2.20. The van der Waals surface area contributed by atoms with Crippen LogP contribution in [-0.2, 0) is 20.8 Å². The average Bonchev–Trinajstić information content (AvgIpc) is 3.25. The number of hydrogen-bond donors (Lipinski definition) is 3. The summed E-state index contributed by atoms with van der Waals surface area (Å²) in [4.78, 5) is 39.5. The fourth-order valence-corrected chi connectivity index (χ4v) is 3.88. The Labute approximate surface area is 156 Å². The molecule has 8 heteroatoms. The Balaban J connectivity index is 1.39. The predicted octanol–water partition coefficient (Wildman–Crippen LogP) is 1.91. The Morgan fingerprint density at radius 2 is 2.19 bits per heavy atom. The maximum absolute atomic E-state index is 12.0. The molecule has 26 heavy (non-hydrogen) atoms. The van der Waals surface area contributed by atoms with Crippen molar-refractivity contribution in [1.29, 1.82) is 0 Å². The van der Waals surface area contributed by atoms with Gasteiger partial charge in [0.05, 0.1) is 12.1 Å². The van der Waals surface area contributed by atoms with Gasteiger partial charge >= 0.3 is 0 Å². The standard InChI is InChI=1S/C18H24N4O3S/c23-15-7-6-14(21-15)17(25)22-18-20-13(11-26-18)10-16(24)19-9-8-12-4-2-1-3-5-12/h4,11,14H,1-3,5-10H2,(H,19,24)(H,21,23)(H,20,22,25)/t14-/m0/s1. The van der Waals surface area contributed by atoms with E-state index in [0.29, 0.717) is 30.2 Å². The summed E-state index contributed by atoms with van der Waals surface area (Å²) in [5.41, 5.74) is 2.07. The topological polar surface area (TPSA) is 100 Å². The Morgan fingerprint density at radius 1 is 1.31 bits per heavy atom. The maximum Gasteiger partial charge on any atom is 0.248 e. The van der Waals surface area contributed by atoms with E-state index in [9.17, 15) is 14.4 Å². The maximum atomic E-state index is 12.0. The molecule has 1 aliphatic heterocycles. The molecule has 1 aromatic rings. The van der Waals surface area contributed by atoms with Crippen molar-refractivity contribution >= 4 is 34.2 Å². The van der Waals surface area contributed by atoms with Crippen molar-refractivity contribution in [2.75, 3.05) is 11.9 Å². The minimum absolute atomic E-state index is 0.0624. The second-order valence-corrected chi connectivity index (χ2v) is 7.54. The lowest BCUT2D eigenvalue weighted by atomic mass is 9.97. The molecule has 0 bridgehead atoms. The smallest absolute Gasteiger partial charge is 0.248 e. The number of amides is 3. The predicted molar refractivity (Wildman–Crippen MR) is 99.8 cm³/mol. The molecule has 0 spiro atoms. The molecule has 1 atom stereocenters. The van der Waals surface area contributed by atoms with Crippen molar-refractivity contribution in [2.24, 2.45) is 0 Å². The Hall–Kier alpha value is -2.22. The van der Waals surface area contributed by atoms with Gasteiger partial charge in [0, 0.05) is 18.3 Å². The number of rotatable bonds is 7. The number of thiazole rings is 1. The van der Waals surface area contributed by atoms with Gasteiger partial charge in [-0.2, -0.15) is 0 Å². The molecule has 3 rings (SSSR count). The number of anilines is 1. The van der Waals surface area contributed by atoms with Crippen molar-refractivity contribution in [3.8, 4) is 0 Å². The van der Waals surface area contributed by atoms with Crippen LogP contribution in [-0.4, -0.2) is 35.3 Å². The zero-order valence-corrected chi connectivity index (χ0v) is 15.5. The molecule has 3 N–H and O–H groups in total. The molecule has 2 heterocycles. The van der Waals surface area contributed by atoms with Crippen molar-refractivity contribution in [3.63, 3.8) is 0 Å². The molecule has 3 amide bonds. The van der Waals surface area contributed by atoms with E-state index < -0.39 is 6.04 Å². The lowest BCUT2D eigenvalue weighted by Crippen LogP contribution is -2.37. The molecule has 140 valence electrons. The summed E-state index contributed by atoms with van der Waals surface area (Å²) < 4.78 is 0. The lowest BCUT2D eigenvalue weighted by molar-refractivity contribution is -0.122. The minimum Gasteiger partial charge on any atom is -0.355 e. The SMILES string of the molecule is O=C(Cc1csc(NC(=O)[C@@H]2CCC(=O)N2)n1)NCCC1=CCCCC1. The van der Waals surface area contributed by atoms with Gasteiger partial charge in [-0.05, 0) is 38.5 Å². The second-order valence-electron chi connectivity index (χ2n) is 6.68. The molecule has 1 fully saturated rings. The molecule has 1 aromatic heterocycles. The van der Waals surface area contributed by atoms with Crippen LogP contribution >= 0.6 is 11.3 Å². The van der Waals surface area contributed by atoms with Crippen molar-refractivity contribution in [2.45, 2.75) is 57.4 Å². The van der Waals surface area contributed by atoms with Crippen LogP contribution in [0, 0.1) is 0 Å². The first-order chi connectivity index (χ1) is 12.6. The Morgan fingerprint density at radius 3 is 2.92 bits per heavy atom. The van der Waals surface area contributed by atoms with Crippen molar-refractivity contribution in [3.05, 3.63) is 22.7 Å². The van der Waals surface area contributed by atoms with Gasteiger partial charge in [0.25, 0.3) is 0 Å². The highest BCUT2D eigenvalue weighted by atomic mass is 32.1. The molecule has 0 radical (unpaired) electrons. The van der Waals surface area contributed by atoms with Crippen LogP contribution in [0.4, 0.5) is 5.13 Å². The molecule has 0 aromatic carbocycles. The van der Waals surface area contributed by atoms with E-state index in [1.54, 1.807) is 5.38 Å². The molecule has 7 nitrogen and oxygen atoms in total.